The third-order valence-corrected chi connectivity index (χ3v) is 2.36. The molecule has 0 radical (unpaired) electrons. The summed E-state index contributed by atoms with van der Waals surface area (Å²) in [7, 11) is 1.50. The van der Waals surface area contributed by atoms with Gasteiger partial charge in [0.25, 0.3) is 0 Å². The molecule has 1 heterocycles. The van der Waals surface area contributed by atoms with Gasteiger partial charge in [-0.1, -0.05) is 6.08 Å². The number of methoxy groups -OCH3 is 1. The first-order valence-corrected chi connectivity index (χ1v) is 4.92. The molecule has 0 saturated carbocycles. The van der Waals surface area contributed by atoms with Crippen LogP contribution < -0.4 is 0 Å². The van der Waals surface area contributed by atoms with Crippen LogP contribution in [0.4, 0.5) is 0 Å². The van der Waals surface area contributed by atoms with E-state index in [4.69, 9.17) is 19.3 Å². The average Bonchev–Trinajstić information content (AvgIpc) is 2.26. The average molecular weight is 218 g/mol. The Morgan fingerprint density at radius 3 is 2.87 bits per heavy atom. The van der Waals surface area contributed by atoms with Crippen LogP contribution in [0.25, 0.3) is 0 Å². The lowest BCUT2D eigenvalue weighted by atomic mass is 10.0. The molecule has 0 aromatic carbocycles. The van der Waals surface area contributed by atoms with Gasteiger partial charge in [0.2, 0.25) is 0 Å². The summed E-state index contributed by atoms with van der Waals surface area (Å²) in [5.74, 6) is 0. The first-order valence-electron chi connectivity index (χ1n) is 4.92. The van der Waals surface area contributed by atoms with Crippen molar-refractivity contribution >= 4 is 0 Å². The normalized spacial score (nSPS) is 36.5. The minimum absolute atomic E-state index is 0.227. The van der Waals surface area contributed by atoms with Gasteiger partial charge in [0.15, 0.2) is 6.29 Å². The van der Waals surface area contributed by atoms with Crippen LogP contribution in [0.2, 0.25) is 0 Å². The standard InChI is InChI=1S/C10H18O5/c1-3-4-14-8-5-7(12)9(6-11)15-10(8)13-2/h3,7-12H,1,4-6H2,2H3/t7-,8+,9+,10-/m0/s1. The zero-order valence-corrected chi connectivity index (χ0v) is 8.83. The van der Waals surface area contributed by atoms with Gasteiger partial charge in [-0.2, -0.15) is 0 Å². The summed E-state index contributed by atoms with van der Waals surface area (Å²) >= 11 is 0. The number of aliphatic hydroxyl groups excluding tert-OH is 2. The van der Waals surface area contributed by atoms with E-state index in [1.807, 2.05) is 0 Å². The second-order valence-electron chi connectivity index (χ2n) is 3.42. The van der Waals surface area contributed by atoms with Crippen LogP contribution >= 0.6 is 0 Å². The summed E-state index contributed by atoms with van der Waals surface area (Å²) in [5, 5.41) is 18.5. The number of rotatable bonds is 5. The smallest absolute Gasteiger partial charge is 0.184 e. The minimum Gasteiger partial charge on any atom is -0.394 e. The molecule has 1 aliphatic heterocycles. The van der Waals surface area contributed by atoms with Crippen LogP contribution in [0.1, 0.15) is 6.42 Å². The lowest BCUT2D eigenvalue weighted by Gasteiger charge is -2.37. The first-order chi connectivity index (χ1) is 7.22. The number of aliphatic hydroxyl groups is 2. The monoisotopic (exact) mass is 218 g/mol. The van der Waals surface area contributed by atoms with E-state index in [-0.39, 0.29) is 12.7 Å². The molecule has 0 spiro atoms. The highest BCUT2D eigenvalue weighted by molar-refractivity contribution is 4.82. The number of hydrogen-bond donors (Lipinski definition) is 2. The summed E-state index contributed by atoms with van der Waals surface area (Å²) in [6, 6.07) is 0. The van der Waals surface area contributed by atoms with E-state index in [1.54, 1.807) is 6.08 Å². The second kappa shape index (κ2) is 6.19. The largest absolute Gasteiger partial charge is 0.394 e. The van der Waals surface area contributed by atoms with Crippen molar-refractivity contribution in [2.45, 2.75) is 31.0 Å². The van der Waals surface area contributed by atoms with E-state index < -0.39 is 18.5 Å². The minimum atomic E-state index is -0.726. The lowest BCUT2D eigenvalue weighted by Crippen LogP contribution is -2.50. The van der Waals surface area contributed by atoms with Crippen molar-refractivity contribution in [1.29, 1.82) is 0 Å². The van der Waals surface area contributed by atoms with Crippen LogP contribution in [0, 0.1) is 0 Å². The van der Waals surface area contributed by atoms with Gasteiger partial charge in [0.05, 0.1) is 19.3 Å². The molecule has 88 valence electrons. The zero-order chi connectivity index (χ0) is 11.3. The Morgan fingerprint density at radius 2 is 2.33 bits per heavy atom. The summed E-state index contributed by atoms with van der Waals surface area (Å²) in [6.07, 6.45) is -0.194. The number of ether oxygens (including phenoxy) is 3. The van der Waals surface area contributed by atoms with Crippen molar-refractivity contribution in [2.75, 3.05) is 20.3 Å². The Labute approximate surface area is 89.3 Å². The molecule has 0 aliphatic carbocycles. The van der Waals surface area contributed by atoms with E-state index in [2.05, 4.69) is 6.58 Å². The van der Waals surface area contributed by atoms with Crippen LogP contribution in [-0.2, 0) is 14.2 Å². The molecule has 15 heavy (non-hydrogen) atoms. The maximum atomic E-state index is 9.61. The van der Waals surface area contributed by atoms with Gasteiger partial charge < -0.3 is 24.4 Å². The topological polar surface area (TPSA) is 68.2 Å². The lowest BCUT2D eigenvalue weighted by molar-refractivity contribution is -0.269. The molecule has 0 unspecified atom stereocenters. The summed E-state index contributed by atoms with van der Waals surface area (Å²) in [5.41, 5.74) is 0. The predicted molar refractivity (Wildman–Crippen MR) is 53.3 cm³/mol. The van der Waals surface area contributed by atoms with Gasteiger partial charge in [-0.3, -0.25) is 0 Å². The molecule has 1 aliphatic rings. The summed E-state index contributed by atoms with van der Waals surface area (Å²) in [4.78, 5) is 0. The molecule has 0 aromatic heterocycles. The van der Waals surface area contributed by atoms with Gasteiger partial charge >= 0.3 is 0 Å². The van der Waals surface area contributed by atoms with Crippen molar-refractivity contribution < 1.29 is 24.4 Å². The van der Waals surface area contributed by atoms with E-state index in [0.717, 1.165) is 0 Å². The van der Waals surface area contributed by atoms with E-state index in [9.17, 15) is 5.11 Å². The maximum absolute atomic E-state index is 9.61. The molecule has 2 N–H and O–H groups in total. The summed E-state index contributed by atoms with van der Waals surface area (Å²) < 4.78 is 15.8. The molecule has 4 atom stereocenters. The van der Waals surface area contributed by atoms with Crippen LogP contribution in [0.15, 0.2) is 12.7 Å². The summed E-state index contributed by atoms with van der Waals surface area (Å²) in [6.45, 7) is 3.69. The Hall–Kier alpha value is -0.460. The van der Waals surface area contributed by atoms with E-state index in [1.165, 1.54) is 7.11 Å². The molecule has 1 fully saturated rings. The fourth-order valence-corrected chi connectivity index (χ4v) is 1.56. The quantitative estimate of drug-likeness (QED) is 0.619. The molecule has 0 aromatic rings. The van der Waals surface area contributed by atoms with Crippen LogP contribution in [-0.4, -0.2) is 55.1 Å². The van der Waals surface area contributed by atoms with E-state index >= 15 is 0 Å². The van der Waals surface area contributed by atoms with Crippen molar-refractivity contribution in [1.82, 2.24) is 0 Å². The Kier molecular flexibility index (Phi) is 5.21. The highest BCUT2D eigenvalue weighted by Crippen LogP contribution is 2.23. The maximum Gasteiger partial charge on any atom is 0.184 e. The molecule has 5 heteroatoms. The first kappa shape index (κ1) is 12.6. The molecule has 1 rings (SSSR count). The fourth-order valence-electron chi connectivity index (χ4n) is 1.56. The van der Waals surface area contributed by atoms with Gasteiger partial charge in [0, 0.05) is 13.5 Å². The fraction of sp³-hybridized carbons (Fsp3) is 0.800. The second-order valence-corrected chi connectivity index (χ2v) is 3.42. The third-order valence-electron chi connectivity index (χ3n) is 2.36. The SMILES string of the molecule is C=CCO[C@@H]1C[C@H](O)[C@@H](CO)O[C@@H]1OC. The highest BCUT2D eigenvalue weighted by atomic mass is 16.7. The highest BCUT2D eigenvalue weighted by Gasteiger charge is 2.37. The van der Waals surface area contributed by atoms with Crippen molar-refractivity contribution in [2.24, 2.45) is 0 Å². The zero-order valence-electron chi connectivity index (χ0n) is 8.83. The number of hydrogen-bond acceptors (Lipinski definition) is 5. The molecule has 1 saturated heterocycles. The Balaban J connectivity index is 2.52. The molecular weight excluding hydrogens is 200 g/mol. The Bertz CT molecular complexity index is 196. The van der Waals surface area contributed by atoms with Gasteiger partial charge in [-0.05, 0) is 0 Å². The molecule has 0 amide bonds. The third kappa shape index (κ3) is 3.25. The van der Waals surface area contributed by atoms with Gasteiger partial charge in [-0.15, -0.1) is 6.58 Å². The molecular formula is C10H18O5. The molecule has 0 bridgehead atoms. The van der Waals surface area contributed by atoms with Crippen LogP contribution in [0.5, 0.6) is 0 Å². The molecule has 5 nitrogen and oxygen atoms in total. The van der Waals surface area contributed by atoms with Crippen molar-refractivity contribution in [3.05, 3.63) is 12.7 Å². The van der Waals surface area contributed by atoms with Crippen molar-refractivity contribution in [3.63, 3.8) is 0 Å². The van der Waals surface area contributed by atoms with Gasteiger partial charge in [-0.25, -0.2) is 0 Å². The predicted octanol–water partition coefficient (Wildman–Crippen LogP) is -0.328. The van der Waals surface area contributed by atoms with Crippen LogP contribution in [0.3, 0.4) is 0 Å². The van der Waals surface area contributed by atoms with Gasteiger partial charge in [0.1, 0.15) is 12.2 Å². The van der Waals surface area contributed by atoms with Crippen molar-refractivity contribution in [3.8, 4) is 0 Å². The van der Waals surface area contributed by atoms with E-state index in [0.29, 0.717) is 13.0 Å². The Morgan fingerprint density at radius 1 is 1.60 bits per heavy atom.